The number of ketones is 1. The van der Waals surface area contributed by atoms with Crippen LogP contribution >= 0.6 is 0 Å². The molecule has 8 nitrogen and oxygen atoms in total. The second kappa shape index (κ2) is 8.51. The minimum Gasteiger partial charge on any atom is -0.456 e. The van der Waals surface area contributed by atoms with Gasteiger partial charge in [-0.3, -0.25) is 4.79 Å². The number of nitrogens with one attached hydrogen (secondary N) is 2. The molecule has 2 unspecified atom stereocenters. The van der Waals surface area contributed by atoms with Gasteiger partial charge in [-0.25, -0.2) is 14.2 Å². The van der Waals surface area contributed by atoms with Crippen LogP contribution in [-0.4, -0.2) is 39.0 Å². The first-order chi connectivity index (χ1) is 16.0. The zero-order valence-electron chi connectivity index (χ0n) is 17.4. The minimum atomic E-state index is -0.889. The zero-order chi connectivity index (χ0) is 22.9. The summed E-state index contributed by atoms with van der Waals surface area (Å²) in [6.45, 7) is 0. The van der Waals surface area contributed by atoms with Gasteiger partial charge in [0.15, 0.2) is 11.3 Å². The normalized spacial score (nSPS) is 21.6. The van der Waals surface area contributed by atoms with Gasteiger partial charge in [-0.05, 0) is 61.7 Å². The van der Waals surface area contributed by atoms with Crippen LogP contribution in [0.4, 0.5) is 10.1 Å². The second-order valence-electron chi connectivity index (χ2n) is 7.86. The molecule has 3 aromatic rings. The first kappa shape index (κ1) is 20.9. The number of nitrogens with zero attached hydrogens (tertiary/aromatic N) is 1. The molecular formula is C24H20FN3O5. The summed E-state index contributed by atoms with van der Waals surface area (Å²) in [6.07, 6.45) is 5.16. The molecule has 0 amide bonds. The molecule has 3 N–H and O–H groups in total. The summed E-state index contributed by atoms with van der Waals surface area (Å²) in [5.74, 6) is -2.17. The number of pyridine rings is 1. The molecule has 3 heterocycles. The molecule has 1 aliphatic carbocycles. The smallest absolute Gasteiger partial charge is 0.348 e. The van der Waals surface area contributed by atoms with E-state index < -0.39 is 29.8 Å². The third-order valence-corrected chi connectivity index (χ3v) is 5.64. The summed E-state index contributed by atoms with van der Waals surface area (Å²) < 4.78 is 24.5. The summed E-state index contributed by atoms with van der Waals surface area (Å²) in [4.78, 5) is 33.3. The van der Waals surface area contributed by atoms with Gasteiger partial charge in [-0.2, -0.15) is 0 Å². The monoisotopic (exact) mass is 449 g/mol. The van der Waals surface area contributed by atoms with Gasteiger partial charge in [0.2, 0.25) is 11.7 Å². The van der Waals surface area contributed by atoms with E-state index >= 15 is 0 Å². The third kappa shape index (κ3) is 4.10. The van der Waals surface area contributed by atoms with E-state index in [4.69, 9.17) is 9.47 Å². The number of Topliss-reactive ketones (excluding diaryl/α,β-unsaturated/α-hetero) is 1. The number of hydrogen-bond donors (Lipinski definition) is 3. The molecule has 0 bridgehead atoms. The predicted molar refractivity (Wildman–Crippen MR) is 117 cm³/mol. The van der Waals surface area contributed by atoms with Crippen LogP contribution in [0.15, 0.2) is 66.0 Å². The van der Waals surface area contributed by atoms with Crippen LogP contribution in [0.2, 0.25) is 0 Å². The van der Waals surface area contributed by atoms with Crippen molar-refractivity contribution in [3.63, 3.8) is 0 Å². The first-order valence-corrected chi connectivity index (χ1v) is 10.5. The fourth-order valence-electron chi connectivity index (χ4n) is 3.94. The number of allylic oxidation sites excluding steroid dienone is 1. The van der Waals surface area contributed by atoms with E-state index in [-0.39, 0.29) is 17.2 Å². The summed E-state index contributed by atoms with van der Waals surface area (Å²) in [5, 5.41) is 13.7. The number of ether oxygens (including phenoxy) is 2. The maximum atomic E-state index is 13.3. The molecule has 1 aromatic carbocycles. The minimum absolute atomic E-state index is 0.0803. The Morgan fingerprint density at radius 1 is 1.27 bits per heavy atom. The molecule has 1 fully saturated rings. The summed E-state index contributed by atoms with van der Waals surface area (Å²) in [5.41, 5.74) is 1.40. The number of rotatable bonds is 5. The first-order valence-electron chi connectivity index (χ1n) is 10.5. The number of hydrogen-bond acceptors (Lipinski definition) is 7. The van der Waals surface area contributed by atoms with Gasteiger partial charge in [0.1, 0.15) is 17.6 Å². The molecule has 2 aromatic heterocycles. The molecule has 168 valence electrons. The number of aromatic amines is 1. The van der Waals surface area contributed by atoms with Gasteiger partial charge in [0, 0.05) is 29.0 Å². The Morgan fingerprint density at radius 2 is 2.09 bits per heavy atom. The Bertz CT molecular complexity index is 1290. The fraction of sp³-hybridized carbons (Fsp3) is 0.208. The lowest BCUT2D eigenvalue weighted by atomic mass is 10.1. The molecule has 0 radical (unpaired) electrons. The van der Waals surface area contributed by atoms with Crippen LogP contribution < -0.4 is 5.32 Å². The highest BCUT2D eigenvalue weighted by atomic mass is 19.1. The van der Waals surface area contributed by atoms with Gasteiger partial charge in [-0.15, -0.1) is 0 Å². The van der Waals surface area contributed by atoms with E-state index in [2.05, 4.69) is 15.3 Å². The van der Waals surface area contributed by atoms with Crippen molar-refractivity contribution in [3.05, 3.63) is 77.4 Å². The van der Waals surface area contributed by atoms with Crippen molar-refractivity contribution in [1.82, 2.24) is 9.97 Å². The summed E-state index contributed by atoms with van der Waals surface area (Å²) in [7, 11) is 0. The highest BCUT2D eigenvalue weighted by Gasteiger charge is 2.39. The van der Waals surface area contributed by atoms with Crippen LogP contribution in [0, 0.1) is 5.82 Å². The molecule has 2 atom stereocenters. The number of carbonyl (C=O) groups excluding carboxylic acids is 2. The lowest BCUT2D eigenvalue weighted by molar-refractivity contribution is -0.149. The average Bonchev–Trinajstić information content (AvgIpc) is 3.48. The van der Waals surface area contributed by atoms with E-state index in [1.54, 1.807) is 18.5 Å². The SMILES string of the molecule is O=C(OC1CCCC1O)C1=C(Nc2ccc(F)cc2)O/C(=C\c2c[nH]c3ncccc23)C1=O. The molecule has 33 heavy (non-hydrogen) atoms. The van der Waals surface area contributed by atoms with Gasteiger partial charge >= 0.3 is 5.97 Å². The number of esters is 1. The van der Waals surface area contributed by atoms with E-state index in [1.165, 1.54) is 30.3 Å². The largest absolute Gasteiger partial charge is 0.456 e. The van der Waals surface area contributed by atoms with Crippen LogP contribution in [0.3, 0.4) is 0 Å². The highest BCUT2D eigenvalue weighted by molar-refractivity contribution is 6.26. The molecule has 1 saturated carbocycles. The van der Waals surface area contributed by atoms with Crippen LogP contribution in [0.1, 0.15) is 24.8 Å². The number of aliphatic hydroxyl groups is 1. The van der Waals surface area contributed by atoms with Crippen molar-refractivity contribution >= 4 is 34.5 Å². The molecular weight excluding hydrogens is 429 g/mol. The van der Waals surface area contributed by atoms with Gasteiger partial charge < -0.3 is 24.9 Å². The zero-order valence-corrected chi connectivity index (χ0v) is 17.4. The number of H-pyrrole nitrogens is 1. The molecule has 9 heteroatoms. The van der Waals surface area contributed by atoms with E-state index in [0.29, 0.717) is 29.7 Å². The number of carbonyl (C=O) groups is 2. The summed E-state index contributed by atoms with van der Waals surface area (Å²) in [6, 6.07) is 8.99. The number of fused-ring (bicyclic) bond motifs is 1. The van der Waals surface area contributed by atoms with Crippen molar-refractivity contribution in [2.45, 2.75) is 31.5 Å². The third-order valence-electron chi connectivity index (χ3n) is 5.64. The van der Waals surface area contributed by atoms with Crippen molar-refractivity contribution in [3.8, 4) is 0 Å². The summed E-state index contributed by atoms with van der Waals surface area (Å²) >= 11 is 0. The Hall–Kier alpha value is -3.98. The Balaban J connectivity index is 1.48. The van der Waals surface area contributed by atoms with Gasteiger partial charge in [-0.1, -0.05) is 0 Å². The van der Waals surface area contributed by atoms with E-state index in [0.717, 1.165) is 11.8 Å². The Labute approximate surface area is 187 Å². The quantitative estimate of drug-likeness (QED) is 0.311. The Morgan fingerprint density at radius 3 is 2.85 bits per heavy atom. The number of aromatic nitrogens is 2. The Kier molecular flexibility index (Phi) is 5.39. The maximum Gasteiger partial charge on any atom is 0.348 e. The van der Waals surface area contributed by atoms with Gasteiger partial charge in [0.25, 0.3) is 0 Å². The predicted octanol–water partition coefficient (Wildman–Crippen LogP) is 3.42. The average molecular weight is 449 g/mol. The molecule has 2 aliphatic rings. The molecule has 1 aliphatic heterocycles. The van der Waals surface area contributed by atoms with Crippen molar-refractivity contribution in [1.29, 1.82) is 0 Å². The fourth-order valence-corrected chi connectivity index (χ4v) is 3.94. The van der Waals surface area contributed by atoms with Crippen LogP contribution in [-0.2, 0) is 19.1 Å². The standard InChI is InChI=1S/C24H20FN3O5/c25-14-6-8-15(9-7-14)28-23-20(24(31)33-18-5-1-4-17(18)29)21(30)19(32-23)11-13-12-27-22-16(13)3-2-10-26-22/h2-3,6-12,17-18,28-29H,1,4-5H2,(H,26,27)/b19-11-. The topological polar surface area (TPSA) is 114 Å². The van der Waals surface area contributed by atoms with E-state index in [1.807, 2.05) is 6.07 Å². The van der Waals surface area contributed by atoms with Crippen molar-refractivity contribution in [2.24, 2.45) is 0 Å². The van der Waals surface area contributed by atoms with Gasteiger partial charge in [0.05, 0.1) is 6.10 Å². The highest BCUT2D eigenvalue weighted by Crippen LogP contribution is 2.31. The number of anilines is 1. The van der Waals surface area contributed by atoms with Crippen LogP contribution in [0.25, 0.3) is 17.1 Å². The van der Waals surface area contributed by atoms with Crippen molar-refractivity contribution < 1.29 is 28.6 Å². The lowest BCUT2D eigenvalue weighted by Gasteiger charge is -2.15. The van der Waals surface area contributed by atoms with Crippen LogP contribution in [0.5, 0.6) is 0 Å². The molecule has 0 spiro atoms. The lowest BCUT2D eigenvalue weighted by Crippen LogP contribution is -2.28. The molecule has 0 saturated heterocycles. The molecule has 5 rings (SSSR count). The number of benzene rings is 1. The van der Waals surface area contributed by atoms with Crippen molar-refractivity contribution in [2.75, 3.05) is 5.32 Å². The number of aliphatic hydroxyl groups excluding tert-OH is 1. The van der Waals surface area contributed by atoms with E-state index in [9.17, 15) is 19.1 Å². The second-order valence-corrected chi connectivity index (χ2v) is 7.86. The number of halogens is 1. The maximum absolute atomic E-state index is 13.3.